The number of rotatable bonds is 9. The molecule has 1 atom stereocenters. The first-order valence-corrected chi connectivity index (χ1v) is 7.65. The number of aliphatic hydroxyl groups is 1. The van der Waals surface area contributed by atoms with E-state index >= 15 is 0 Å². The van der Waals surface area contributed by atoms with Crippen LogP contribution < -0.4 is 20.5 Å². The molecule has 1 rings (SSSR count). The first-order chi connectivity index (χ1) is 11.4. The normalized spacial score (nSPS) is 12.8. The monoisotopic (exact) mass is 338 g/mol. The van der Waals surface area contributed by atoms with Gasteiger partial charge in [-0.1, -0.05) is 13.8 Å². The molecule has 0 radical (unpaired) electrons. The predicted octanol–water partition coefficient (Wildman–Crippen LogP) is 0.905. The molecule has 0 aromatic heterocycles. The average Bonchev–Trinajstić information content (AvgIpc) is 2.57. The lowest BCUT2D eigenvalue weighted by Gasteiger charge is -2.17. The zero-order valence-corrected chi connectivity index (χ0v) is 14.5. The minimum absolute atomic E-state index is 0.128. The standard InChI is InChI=1S/C17H26N2O5/c1-11(2)19-9-13(20)10-24-15-6-5-12(7-16(15)22-3)14(18)8-17(21)23-4/h5-8,11,13,19-20H,9-10,18H2,1-4H3. The quantitative estimate of drug-likeness (QED) is 0.454. The molecule has 0 bridgehead atoms. The third-order valence-corrected chi connectivity index (χ3v) is 3.16. The highest BCUT2D eigenvalue weighted by atomic mass is 16.5. The molecule has 0 amide bonds. The second-order valence-electron chi connectivity index (χ2n) is 5.52. The second kappa shape index (κ2) is 9.79. The fraction of sp³-hybridized carbons (Fsp3) is 0.471. The maximum absolute atomic E-state index is 11.2. The average molecular weight is 338 g/mol. The largest absolute Gasteiger partial charge is 0.493 e. The number of carbonyl (C=O) groups is 1. The Morgan fingerprint density at radius 1 is 1.33 bits per heavy atom. The van der Waals surface area contributed by atoms with Gasteiger partial charge in [0.05, 0.1) is 14.2 Å². The van der Waals surface area contributed by atoms with Gasteiger partial charge < -0.3 is 30.4 Å². The Balaban J connectivity index is 2.76. The molecule has 0 fully saturated rings. The molecule has 7 heteroatoms. The van der Waals surface area contributed by atoms with E-state index in [1.807, 2.05) is 13.8 Å². The van der Waals surface area contributed by atoms with Crippen LogP contribution >= 0.6 is 0 Å². The number of nitrogens with one attached hydrogen (secondary N) is 1. The van der Waals surface area contributed by atoms with Crippen LogP contribution in [0.15, 0.2) is 24.3 Å². The highest BCUT2D eigenvalue weighted by molar-refractivity contribution is 5.90. The van der Waals surface area contributed by atoms with Crippen molar-refractivity contribution in [1.29, 1.82) is 0 Å². The fourth-order valence-corrected chi connectivity index (χ4v) is 1.85. The maximum atomic E-state index is 11.2. The Kier molecular flexibility index (Phi) is 8.08. The minimum atomic E-state index is -0.638. The van der Waals surface area contributed by atoms with E-state index in [1.54, 1.807) is 18.2 Å². The Hall–Kier alpha value is -2.25. The summed E-state index contributed by atoms with van der Waals surface area (Å²) < 4.78 is 15.4. The van der Waals surface area contributed by atoms with Gasteiger partial charge in [0.15, 0.2) is 11.5 Å². The summed E-state index contributed by atoms with van der Waals surface area (Å²) in [7, 11) is 2.78. The van der Waals surface area contributed by atoms with Gasteiger partial charge in [0.2, 0.25) is 0 Å². The molecule has 0 aliphatic rings. The molecule has 1 aromatic rings. The molecule has 134 valence electrons. The van der Waals surface area contributed by atoms with Gasteiger partial charge in [-0.05, 0) is 18.2 Å². The summed E-state index contributed by atoms with van der Waals surface area (Å²) in [5, 5.41) is 13.0. The van der Waals surface area contributed by atoms with Gasteiger partial charge in [-0.2, -0.15) is 0 Å². The van der Waals surface area contributed by atoms with Crippen LogP contribution in [0.25, 0.3) is 5.70 Å². The van der Waals surface area contributed by atoms with Crippen LogP contribution in [-0.2, 0) is 9.53 Å². The first kappa shape index (κ1) is 19.8. The van der Waals surface area contributed by atoms with E-state index < -0.39 is 12.1 Å². The highest BCUT2D eigenvalue weighted by Gasteiger charge is 2.11. The zero-order chi connectivity index (χ0) is 18.1. The Bertz CT molecular complexity index is 572. The number of hydrogen-bond donors (Lipinski definition) is 3. The Morgan fingerprint density at radius 2 is 2.04 bits per heavy atom. The fourth-order valence-electron chi connectivity index (χ4n) is 1.85. The number of esters is 1. The van der Waals surface area contributed by atoms with Crippen molar-refractivity contribution in [2.45, 2.75) is 26.0 Å². The summed E-state index contributed by atoms with van der Waals surface area (Å²) in [6, 6.07) is 5.32. The van der Waals surface area contributed by atoms with Crippen molar-refractivity contribution in [3.8, 4) is 11.5 Å². The van der Waals surface area contributed by atoms with Crippen molar-refractivity contribution >= 4 is 11.7 Å². The van der Waals surface area contributed by atoms with Crippen LogP contribution in [0.3, 0.4) is 0 Å². The number of aliphatic hydroxyl groups excluding tert-OH is 1. The van der Waals surface area contributed by atoms with Crippen LogP contribution in [0.1, 0.15) is 19.4 Å². The third kappa shape index (κ3) is 6.47. The van der Waals surface area contributed by atoms with Gasteiger partial charge in [-0.15, -0.1) is 0 Å². The lowest BCUT2D eigenvalue weighted by Crippen LogP contribution is -2.35. The van der Waals surface area contributed by atoms with E-state index in [0.29, 0.717) is 23.6 Å². The maximum Gasteiger partial charge on any atom is 0.332 e. The molecule has 1 unspecified atom stereocenters. The Morgan fingerprint density at radius 3 is 2.62 bits per heavy atom. The number of ether oxygens (including phenoxy) is 3. The van der Waals surface area contributed by atoms with E-state index in [-0.39, 0.29) is 18.3 Å². The summed E-state index contributed by atoms with van der Waals surface area (Å²) in [6.45, 7) is 4.57. The van der Waals surface area contributed by atoms with Crippen LogP contribution in [0.5, 0.6) is 11.5 Å². The van der Waals surface area contributed by atoms with Crippen LogP contribution in [0.2, 0.25) is 0 Å². The smallest absolute Gasteiger partial charge is 0.332 e. The van der Waals surface area contributed by atoms with Crippen LogP contribution in [-0.4, -0.2) is 50.6 Å². The molecule has 1 aromatic carbocycles. The molecule has 0 spiro atoms. The molecule has 0 saturated carbocycles. The lowest BCUT2D eigenvalue weighted by atomic mass is 10.1. The van der Waals surface area contributed by atoms with Gasteiger partial charge in [-0.3, -0.25) is 0 Å². The van der Waals surface area contributed by atoms with Gasteiger partial charge in [-0.25, -0.2) is 4.79 Å². The summed E-state index contributed by atoms with van der Waals surface area (Å²) >= 11 is 0. The molecule has 0 aliphatic heterocycles. The molecule has 4 N–H and O–H groups in total. The van der Waals surface area contributed by atoms with E-state index in [2.05, 4.69) is 10.1 Å². The van der Waals surface area contributed by atoms with Crippen LogP contribution in [0, 0.1) is 0 Å². The zero-order valence-electron chi connectivity index (χ0n) is 14.5. The Labute approximate surface area is 142 Å². The SMILES string of the molecule is COC(=O)C=C(N)c1ccc(OCC(O)CNC(C)C)c(OC)c1. The molecule has 24 heavy (non-hydrogen) atoms. The van der Waals surface area contributed by atoms with Crippen molar-refractivity contribution < 1.29 is 24.1 Å². The first-order valence-electron chi connectivity index (χ1n) is 7.65. The number of methoxy groups -OCH3 is 2. The molecular formula is C17H26N2O5. The van der Waals surface area contributed by atoms with Crippen molar-refractivity contribution in [2.24, 2.45) is 5.73 Å². The van der Waals surface area contributed by atoms with Crippen LogP contribution in [0.4, 0.5) is 0 Å². The number of carbonyl (C=O) groups excluding carboxylic acids is 1. The van der Waals surface area contributed by atoms with Gasteiger partial charge in [0.25, 0.3) is 0 Å². The lowest BCUT2D eigenvalue weighted by molar-refractivity contribution is -0.134. The summed E-state index contributed by atoms with van der Waals surface area (Å²) in [4.78, 5) is 11.2. The van der Waals surface area contributed by atoms with Crippen molar-refractivity contribution in [3.63, 3.8) is 0 Å². The van der Waals surface area contributed by atoms with Gasteiger partial charge in [0, 0.05) is 29.9 Å². The second-order valence-corrected chi connectivity index (χ2v) is 5.52. The van der Waals surface area contributed by atoms with E-state index in [9.17, 15) is 9.90 Å². The van der Waals surface area contributed by atoms with Gasteiger partial charge in [0.1, 0.15) is 12.7 Å². The predicted molar refractivity (Wildman–Crippen MR) is 91.8 cm³/mol. The number of benzene rings is 1. The molecule has 0 heterocycles. The molecule has 0 saturated heterocycles. The minimum Gasteiger partial charge on any atom is -0.493 e. The van der Waals surface area contributed by atoms with E-state index in [4.69, 9.17) is 15.2 Å². The molecular weight excluding hydrogens is 312 g/mol. The van der Waals surface area contributed by atoms with Crippen molar-refractivity contribution in [1.82, 2.24) is 5.32 Å². The molecule has 7 nitrogen and oxygen atoms in total. The third-order valence-electron chi connectivity index (χ3n) is 3.16. The summed E-state index contributed by atoms with van der Waals surface area (Å²) in [5.41, 5.74) is 6.71. The topological polar surface area (TPSA) is 103 Å². The molecule has 0 aliphatic carbocycles. The summed E-state index contributed by atoms with van der Waals surface area (Å²) in [5.74, 6) is 0.404. The van der Waals surface area contributed by atoms with E-state index in [0.717, 1.165) is 0 Å². The van der Waals surface area contributed by atoms with Crippen molar-refractivity contribution in [3.05, 3.63) is 29.8 Å². The van der Waals surface area contributed by atoms with E-state index in [1.165, 1.54) is 20.3 Å². The number of nitrogens with two attached hydrogens (primary N) is 1. The highest BCUT2D eigenvalue weighted by Crippen LogP contribution is 2.29. The van der Waals surface area contributed by atoms with Gasteiger partial charge >= 0.3 is 5.97 Å². The summed E-state index contributed by atoms with van der Waals surface area (Å²) in [6.07, 6.45) is 0.553. The van der Waals surface area contributed by atoms with Crippen molar-refractivity contribution in [2.75, 3.05) is 27.4 Å². The number of hydrogen-bond acceptors (Lipinski definition) is 7.